The molecule has 6 heteroatoms. The number of aliphatic hydroxyl groups excluding tert-OH is 3. The van der Waals surface area contributed by atoms with Gasteiger partial charge < -0.3 is 25.2 Å². The predicted octanol–water partition coefficient (Wildman–Crippen LogP) is -2.62. The second-order valence-corrected chi connectivity index (χ2v) is 3.24. The number of carbonyl (C=O) groups excluding carboxylic acids is 1. The van der Waals surface area contributed by atoms with Gasteiger partial charge in [-0.15, -0.1) is 0 Å². The molecule has 0 aromatic carbocycles. The zero-order valence-corrected chi connectivity index (χ0v) is 7.04. The van der Waals surface area contributed by atoms with E-state index in [2.05, 4.69) is 4.74 Å². The van der Waals surface area contributed by atoms with Gasteiger partial charge in [-0.3, -0.25) is 0 Å². The molecule has 0 bridgehead atoms. The molecule has 1 fully saturated rings. The second kappa shape index (κ2) is 3.22. The Morgan fingerprint density at radius 1 is 1.69 bits per heavy atom. The SMILES string of the molecule is C[C@]1(O)[C@H](O)C(=O)O[C@@H]1[C@H](O)CO. The van der Waals surface area contributed by atoms with Gasteiger partial charge in [-0.25, -0.2) is 4.79 Å². The maximum atomic E-state index is 10.8. The number of rotatable bonds is 2. The van der Waals surface area contributed by atoms with Gasteiger partial charge in [-0.05, 0) is 6.92 Å². The van der Waals surface area contributed by atoms with Crippen molar-refractivity contribution in [3.63, 3.8) is 0 Å². The van der Waals surface area contributed by atoms with E-state index in [4.69, 9.17) is 15.3 Å². The molecule has 1 heterocycles. The number of hydrogen-bond donors (Lipinski definition) is 4. The van der Waals surface area contributed by atoms with E-state index in [0.29, 0.717) is 0 Å². The van der Waals surface area contributed by atoms with E-state index < -0.39 is 36.5 Å². The third-order valence-corrected chi connectivity index (χ3v) is 2.13. The molecule has 0 aliphatic carbocycles. The zero-order valence-electron chi connectivity index (χ0n) is 7.04. The summed E-state index contributed by atoms with van der Waals surface area (Å²) in [6.07, 6.45) is -4.37. The summed E-state index contributed by atoms with van der Waals surface area (Å²) in [6.45, 7) is 0.507. The van der Waals surface area contributed by atoms with Gasteiger partial charge in [0.15, 0.2) is 12.2 Å². The van der Waals surface area contributed by atoms with Gasteiger partial charge in [0.25, 0.3) is 0 Å². The van der Waals surface area contributed by atoms with Crippen molar-refractivity contribution in [2.24, 2.45) is 0 Å². The summed E-state index contributed by atoms with van der Waals surface area (Å²) in [6, 6.07) is 0. The molecule has 0 unspecified atom stereocenters. The van der Waals surface area contributed by atoms with Gasteiger partial charge in [-0.1, -0.05) is 0 Å². The zero-order chi connectivity index (χ0) is 10.2. The van der Waals surface area contributed by atoms with Crippen molar-refractivity contribution in [3.8, 4) is 0 Å². The van der Waals surface area contributed by atoms with Crippen LogP contribution in [0, 0.1) is 0 Å². The average Bonchev–Trinajstić information content (AvgIpc) is 2.28. The Kier molecular flexibility index (Phi) is 2.58. The molecule has 76 valence electrons. The first-order valence-corrected chi connectivity index (χ1v) is 3.81. The van der Waals surface area contributed by atoms with Crippen LogP contribution in [0.2, 0.25) is 0 Å². The highest BCUT2D eigenvalue weighted by atomic mass is 16.6. The average molecular weight is 192 g/mol. The molecule has 13 heavy (non-hydrogen) atoms. The molecule has 6 nitrogen and oxygen atoms in total. The lowest BCUT2D eigenvalue weighted by Gasteiger charge is -2.26. The summed E-state index contributed by atoms with van der Waals surface area (Å²) in [5, 5.41) is 36.3. The van der Waals surface area contributed by atoms with Gasteiger partial charge in [0, 0.05) is 0 Å². The van der Waals surface area contributed by atoms with Crippen molar-refractivity contribution in [1.82, 2.24) is 0 Å². The van der Waals surface area contributed by atoms with Crippen molar-refractivity contribution in [2.45, 2.75) is 30.8 Å². The fourth-order valence-electron chi connectivity index (χ4n) is 1.27. The predicted molar refractivity (Wildman–Crippen MR) is 39.6 cm³/mol. The van der Waals surface area contributed by atoms with E-state index in [1.807, 2.05) is 0 Å². The first-order valence-electron chi connectivity index (χ1n) is 3.81. The molecule has 0 radical (unpaired) electrons. The van der Waals surface area contributed by atoms with Crippen LogP contribution in [-0.2, 0) is 9.53 Å². The number of esters is 1. The van der Waals surface area contributed by atoms with Gasteiger partial charge in [-0.2, -0.15) is 0 Å². The maximum absolute atomic E-state index is 10.8. The molecular weight excluding hydrogens is 180 g/mol. The summed E-state index contributed by atoms with van der Waals surface area (Å²) >= 11 is 0. The number of ether oxygens (including phenoxy) is 1. The van der Waals surface area contributed by atoms with E-state index in [1.54, 1.807) is 0 Å². The first kappa shape index (κ1) is 10.4. The van der Waals surface area contributed by atoms with Gasteiger partial charge >= 0.3 is 5.97 Å². The maximum Gasteiger partial charge on any atom is 0.338 e. The largest absolute Gasteiger partial charge is 0.454 e. The topological polar surface area (TPSA) is 107 Å². The van der Waals surface area contributed by atoms with E-state index >= 15 is 0 Å². The van der Waals surface area contributed by atoms with Crippen molar-refractivity contribution >= 4 is 5.97 Å². The van der Waals surface area contributed by atoms with Crippen LogP contribution in [0.4, 0.5) is 0 Å². The number of hydrogen-bond acceptors (Lipinski definition) is 6. The summed E-state index contributed by atoms with van der Waals surface area (Å²) in [5.41, 5.74) is -1.86. The molecule has 1 saturated heterocycles. The van der Waals surface area contributed by atoms with Gasteiger partial charge in [0.05, 0.1) is 6.61 Å². The lowest BCUT2D eigenvalue weighted by Crippen LogP contribution is -2.50. The number of cyclic esters (lactones) is 1. The molecule has 1 aliphatic heterocycles. The Labute approximate surface area is 74.4 Å². The molecule has 1 rings (SSSR count). The van der Waals surface area contributed by atoms with Gasteiger partial charge in [0.2, 0.25) is 0 Å². The third kappa shape index (κ3) is 1.53. The van der Waals surface area contributed by atoms with Crippen LogP contribution in [0.25, 0.3) is 0 Å². The Hall–Kier alpha value is -0.690. The standard InChI is InChI=1S/C7H12O6/c1-7(12)4(10)6(11)13-5(7)3(9)2-8/h3-5,8-10,12H,2H2,1H3/t3-,4-,5-,7+/m1/s1. The molecule has 0 aromatic heterocycles. The van der Waals surface area contributed by atoms with Crippen molar-refractivity contribution < 1.29 is 30.0 Å². The van der Waals surface area contributed by atoms with E-state index in [0.717, 1.165) is 6.92 Å². The Balaban J connectivity index is 2.84. The fourth-order valence-corrected chi connectivity index (χ4v) is 1.27. The minimum absolute atomic E-state index is 0.652. The van der Waals surface area contributed by atoms with Crippen LogP contribution in [-0.4, -0.2) is 56.9 Å². The minimum atomic E-state index is -1.86. The van der Waals surface area contributed by atoms with Crippen LogP contribution in [0.1, 0.15) is 6.92 Å². The summed E-state index contributed by atoms with van der Waals surface area (Å²) in [4.78, 5) is 10.8. The van der Waals surface area contributed by atoms with Crippen LogP contribution < -0.4 is 0 Å². The quantitative estimate of drug-likeness (QED) is 0.357. The highest BCUT2D eigenvalue weighted by Crippen LogP contribution is 2.28. The fraction of sp³-hybridized carbons (Fsp3) is 0.857. The second-order valence-electron chi connectivity index (χ2n) is 3.24. The van der Waals surface area contributed by atoms with E-state index in [9.17, 15) is 9.90 Å². The highest BCUT2D eigenvalue weighted by Gasteiger charge is 2.55. The Morgan fingerprint density at radius 2 is 2.23 bits per heavy atom. The van der Waals surface area contributed by atoms with Crippen molar-refractivity contribution in [2.75, 3.05) is 6.61 Å². The monoisotopic (exact) mass is 192 g/mol. The molecule has 1 aliphatic rings. The molecule has 4 N–H and O–H groups in total. The summed E-state index contributed by atoms with van der Waals surface area (Å²) in [7, 11) is 0. The van der Waals surface area contributed by atoms with E-state index in [1.165, 1.54) is 0 Å². The van der Waals surface area contributed by atoms with Gasteiger partial charge in [0.1, 0.15) is 11.7 Å². The van der Waals surface area contributed by atoms with Crippen LogP contribution in [0.3, 0.4) is 0 Å². The highest BCUT2D eigenvalue weighted by molar-refractivity contribution is 5.79. The number of aliphatic hydroxyl groups is 4. The molecular formula is C7H12O6. The van der Waals surface area contributed by atoms with Crippen molar-refractivity contribution in [1.29, 1.82) is 0 Å². The first-order chi connectivity index (χ1) is 5.91. The molecule has 0 spiro atoms. The Morgan fingerprint density at radius 3 is 2.54 bits per heavy atom. The lowest BCUT2D eigenvalue weighted by atomic mass is 9.92. The smallest absolute Gasteiger partial charge is 0.338 e. The molecule has 0 amide bonds. The molecule has 0 saturated carbocycles. The number of carbonyl (C=O) groups is 1. The third-order valence-electron chi connectivity index (χ3n) is 2.13. The summed E-state index contributed by atoms with van der Waals surface area (Å²) < 4.78 is 4.49. The lowest BCUT2D eigenvalue weighted by molar-refractivity contribution is -0.152. The molecule has 0 aromatic rings. The van der Waals surface area contributed by atoms with Crippen LogP contribution in [0.15, 0.2) is 0 Å². The minimum Gasteiger partial charge on any atom is -0.454 e. The normalized spacial score (nSPS) is 41.8. The van der Waals surface area contributed by atoms with Crippen LogP contribution in [0.5, 0.6) is 0 Å². The summed E-state index contributed by atoms with van der Waals surface area (Å²) in [5.74, 6) is -0.998. The molecule has 4 atom stereocenters. The van der Waals surface area contributed by atoms with E-state index in [-0.39, 0.29) is 0 Å². The van der Waals surface area contributed by atoms with Crippen molar-refractivity contribution in [3.05, 3.63) is 0 Å². The Bertz CT molecular complexity index is 213. The van der Waals surface area contributed by atoms with Crippen LogP contribution >= 0.6 is 0 Å².